The van der Waals surface area contributed by atoms with E-state index in [1.165, 1.54) is 31.3 Å². The average Bonchev–Trinajstić information content (AvgIpc) is 2.91. The molecule has 8 atom stereocenters. The fourth-order valence-electron chi connectivity index (χ4n) is 7.60. The predicted molar refractivity (Wildman–Crippen MR) is 101 cm³/mol. The normalized spacial score (nSPS) is 47.3. The Morgan fingerprint density at radius 3 is 2.92 bits per heavy atom. The summed E-state index contributed by atoms with van der Waals surface area (Å²) in [4.78, 5) is 11.9. The first-order valence-electron chi connectivity index (χ1n) is 10.5. The Hall–Kier alpha value is -0.890. The molecular formula is C23H34O2. The predicted octanol–water partition coefficient (Wildman–Crippen LogP) is 4.93. The van der Waals surface area contributed by atoms with Crippen LogP contribution in [-0.4, -0.2) is 17.0 Å². The van der Waals surface area contributed by atoms with Gasteiger partial charge in [-0.3, -0.25) is 4.79 Å². The summed E-state index contributed by atoms with van der Waals surface area (Å²) in [6.07, 6.45) is 12.4. The van der Waals surface area contributed by atoms with Crippen molar-refractivity contribution >= 4 is 5.78 Å². The first-order chi connectivity index (χ1) is 12.0. The molecule has 0 heterocycles. The molecule has 0 unspecified atom stereocenters. The van der Waals surface area contributed by atoms with Crippen molar-refractivity contribution < 1.29 is 9.90 Å². The monoisotopic (exact) mass is 342 g/mol. The zero-order valence-electron chi connectivity index (χ0n) is 15.9. The minimum Gasteiger partial charge on any atom is -0.392 e. The molecule has 25 heavy (non-hydrogen) atoms. The van der Waals surface area contributed by atoms with Crippen LogP contribution in [0.15, 0.2) is 24.3 Å². The summed E-state index contributed by atoms with van der Waals surface area (Å²) in [5, 5.41) is 10.7. The number of hydrogen-bond donors (Lipinski definition) is 1. The van der Waals surface area contributed by atoms with E-state index < -0.39 is 0 Å². The van der Waals surface area contributed by atoms with E-state index >= 15 is 0 Å². The molecule has 0 saturated heterocycles. The van der Waals surface area contributed by atoms with Gasteiger partial charge in [-0.25, -0.2) is 0 Å². The number of aliphatic hydroxyl groups is 1. The summed E-state index contributed by atoms with van der Waals surface area (Å²) >= 11 is 0. The number of carbonyl (C=O) groups excluding carboxylic acids is 1. The van der Waals surface area contributed by atoms with Gasteiger partial charge in [0.2, 0.25) is 0 Å². The van der Waals surface area contributed by atoms with Gasteiger partial charge in [0.1, 0.15) is 0 Å². The van der Waals surface area contributed by atoms with Crippen LogP contribution >= 0.6 is 0 Å². The molecule has 0 aromatic rings. The van der Waals surface area contributed by atoms with Crippen molar-refractivity contribution in [3.63, 3.8) is 0 Å². The molecule has 1 N–H and O–H groups in total. The molecule has 2 nitrogen and oxygen atoms in total. The van der Waals surface area contributed by atoms with Crippen LogP contribution in [0.1, 0.15) is 65.2 Å². The first kappa shape index (κ1) is 17.5. The molecule has 0 bridgehead atoms. The second-order valence-corrected chi connectivity index (χ2v) is 9.68. The number of carbonyl (C=O) groups is 1. The SMILES string of the molecule is C=CC[C@H](O)[C@H]1CC[C@@H]2[C@H]3[C@H](CC[C@@]21C)[C@H]1CCC(=O)C=C1C[C@H]3C. The molecule has 2 heteroatoms. The Morgan fingerprint density at radius 1 is 1.36 bits per heavy atom. The van der Waals surface area contributed by atoms with Gasteiger partial charge in [-0.2, -0.15) is 0 Å². The Kier molecular flexibility index (Phi) is 4.46. The quantitative estimate of drug-likeness (QED) is 0.739. The van der Waals surface area contributed by atoms with E-state index in [1.807, 2.05) is 12.2 Å². The molecule has 4 aliphatic rings. The lowest BCUT2D eigenvalue weighted by Crippen LogP contribution is -2.50. The highest BCUT2D eigenvalue weighted by molar-refractivity contribution is 5.91. The van der Waals surface area contributed by atoms with E-state index in [4.69, 9.17) is 0 Å². The fraction of sp³-hybridized carbons (Fsp3) is 0.783. The van der Waals surface area contributed by atoms with Crippen LogP contribution in [0.5, 0.6) is 0 Å². The molecule has 3 fully saturated rings. The van der Waals surface area contributed by atoms with Gasteiger partial charge in [-0.1, -0.05) is 25.5 Å². The van der Waals surface area contributed by atoms with Gasteiger partial charge < -0.3 is 5.11 Å². The Morgan fingerprint density at radius 2 is 2.16 bits per heavy atom. The summed E-state index contributed by atoms with van der Waals surface area (Å²) in [7, 11) is 0. The summed E-state index contributed by atoms with van der Waals surface area (Å²) in [5.74, 6) is 4.45. The van der Waals surface area contributed by atoms with Crippen LogP contribution in [0.25, 0.3) is 0 Å². The maximum absolute atomic E-state index is 11.9. The number of rotatable bonds is 3. The third-order valence-electron chi connectivity index (χ3n) is 8.59. The third-order valence-corrected chi connectivity index (χ3v) is 8.59. The van der Waals surface area contributed by atoms with Crippen molar-refractivity contribution in [2.45, 2.75) is 71.3 Å². The second-order valence-electron chi connectivity index (χ2n) is 9.68. The molecule has 3 saturated carbocycles. The van der Waals surface area contributed by atoms with Gasteiger partial charge in [-0.15, -0.1) is 6.58 Å². The zero-order chi connectivity index (χ0) is 17.8. The molecule has 4 aliphatic carbocycles. The third kappa shape index (κ3) is 2.67. The van der Waals surface area contributed by atoms with Crippen molar-refractivity contribution in [2.24, 2.45) is 40.9 Å². The van der Waals surface area contributed by atoms with Crippen molar-refractivity contribution in [1.82, 2.24) is 0 Å². The standard InChI is InChI=1S/C23H34O2/c1-4-5-21(25)19-8-9-20-22-14(2)12-15-13-16(24)6-7-17(15)18(22)10-11-23(19,20)3/h4,13-14,17-22,25H,1,5-12H2,2-3H3/t14-,17+,18-,19-,20-,21+,22-,23-/m1/s1. The van der Waals surface area contributed by atoms with Gasteiger partial charge in [-0.05, 0) is 91.9 Å². The van der Waals surface area contributed by atoms with E-state index in [0.717, 1.165) is 43.4 Å². The molecular weight excluding hydrogens is 308 g/mol. The Balaban J connectivity index is 1.61. The second kappa shape index (κ2) is 6.37. The highest BCUT2D eigenvalue weighted by atomic mass is 16.3. The molecule has 0 aromatic carbocycles. The minimum atomic E-state index is -0.217. The lowest BCUT2D eigenvalue weighted by atomic mass is 9.48. The molecule has 4 rings (SSSR count). The van der Waals surface area contributed by atoms with E-state index in [0.29, 0.717) is 29.0 Å². The number of allylic oxidation sites excluding steroid dienone is 1. The van der Waals surface area contributed by atoms with Crippen LogP contribution in [0, 0.1) is 40.9 Å². The van der Waals surface area contributed by atoms with Crippen molar-refractivity contribution in [2.75, 3.05) is 0 Å². The number of ketones is 1. The van der Waals surface area contributed by atoms with Crippen molar-refractivity contribution in [3.8, 4) is 0 Å². The van der Waals surface area contributed by atoms with E-state index in [9.17, 15) is 9.90 Å². The smallest absolute Gasteiger partial charge is 0.155 e. The van der Waals surface area contributed by atoms with Gasteiger partial charge in [0.05, 0.1) is 6.10 Å². The van der Waals surface area contributed by atoms with Crippen molar-refractivity contribution in [1.29, 1.82) is 0 Å². The summed E-state index contributed by atoms with van der Waals surface area (Å²) in [5.41, 5.74) is 1.76. The van der Waals surface area contributed by atoms with Gasteiger partial charge in [0.25, 0.3) is 0 Å². The van der Waals surface area contributed by atoms with Crippen LogP contribution in [0.2, 0.25) is 0 Å². The summed E-state index contributed by atoms with van der Waals surface area (Å²) in [6, 6.07) is 0. The lowest BCUT2D eigenvalue weighted by molar-refractivity contribution is -0.116. The molecule has 138 valence electrons. The van der Waals surface area contributed by atoms with Crippen LogP contribution < -0.4 is 0 Å². The largest absolute Gasteiger partial charge is 0.392 e. The molecule has 0 radical (unpaired) electrons. The molecule has 0 amide bonds. The molecule has 0 spiro atoms. The Labute approximate surface area is 152 Å². The van der Waals surface area contributed by atoms with Gasteiger partial charge >= 0.3 is 0 Å². The average molecular weight is 343 g/mol. The number of aliphatic hydroxyl groups excluding tert-OH is 1. The number of hydrogen-bond acceptors (Lipinski definition) is 2. The Bertz CT molecular complexity index is 591. The highest BCUT2D eigenvalue weighted by Crippen LogP contribution is 2.65. The van der Waals surface area contributed by atoms with Crippen LogP contribution in [0.4, 0.5) is 0 Å². The fourth-order valence-corrected chi connectivity index (χ4v) is 7.60. The van der Waals surface area contributed by atoms with Crippen molar-refractivity contribution in [3.05, 3.63) is 24.3 Å². The minimum absolute atomic E-state index is 0.217. The number of fused-ring (bicyclic) bond motifs is 5. The van der Waals surface area contributed by atoms with E-state index in [-0.39, 0.29) is 6.10 Å². The van der Waals surface area contributed by atoms with E-state index in [2.05, 4.69) is 20.4 Å². The molecule has 0 aliphatic heterocycles. The zero-order valence-corrected chi connectivity index (χ0v) is 15.9. The van der Waals surface area contributed by atoms with E-state index in [1.54, 1.807) is 0 Å². The van der Waals surface area contributed by atoms with Crippen LogP contribution in [-0.2, 0) is 4.79 Å². The first-order valence-corrected chi connectivity index (χ1v) is 10.5. The van der Waals surface area contributed by atoms with Gasteiger partial charge in [0.15, 0.2) is 5.78 Å². The molecule has 0 aromatic heterocycles. The highest BCUT2D eigenvalue weighted by Gasteiger charge is 2.58. The maximum Gasteiger partial charge on any atom is 0.155 e. The maximum atomic E-state index is 11.9. The lowest BCUT2D eigenvalue weighted by Gasteiger charge is -2.56. The van der Waals surface area contributed by atoms with Gasteiger partial charge in [0, 0.05) is 6.42 Å². The topological polar surface area (TPSA) is 37.3 Å². The summed E-state index contributed by atoms with van der Waals surface area (Å²) < 4.78 is 0. The van der Waals surface area contributed by atoms with Crippen LogP contribution in [0.3, 0.4) is 0 Å². The summed E-state index contributed by atoms with van der Waals surface area (Å²) in [6.45, 7) is 8.73.